The highest BCUT2D eigenvalue weighted by molar-refractivity contribution is 6.09. The zero-order valence-electron chi connectivity index (χ0n) is 19.6. The van der Waals surface area contributed by atoms with Crippen molar-refractivity contribution in [1.82, 2.24) is 0 Å². The van der Waals surface area contributed by atoms with Crippen molar-refractivity contribution < 1.29 is 9.59 Å². The van der Waals surface area contributed by atoms with Crippen molar-refractivity contribution in [2.75, 3.05) is 36.0 Å². The quantitative estimate of drug-likeness (QED) is 0.451. The van der Waals surface area contributed by atoms with E-state index in [1.807, 2.05) is 62.4 Å². The minimum Gasteiger partial charge on any atom is -0.372 e. The second kappa shape index (κ2) is 13.6. The van der Waals surface area contributed by atoms with E-state index in [1.165, 1.54) is 0 Å². The van der Waals surface area contributed by atoms with Crippen LogP contribution in [0.15, 0.2) is 48.5 Å². The van der Waals surface area contributed by atoms with E-state index in [1.54, 1.807) is 0 Å². The van der Waals surface area contributed by atoms with Crippen LogP contribution in [-0.2, 0) is 4.79 Å². The highest BCUT2D eigenvalue weighted by atomic mass is 16.1. The van der Waals surface area contributed by atoms with Crippen LogP contribution in [0, 0.1) is 0 Å². The fourth-order valence-electron chi connectivity index (χ4n) is 3.24. The fourth-order valence-corrected chi connectivity index (χ4v) is 3.24. The van der Waals surface area contributed by atoms with Crippen molar-refractivity contribution in [3.05, 3.63) is 59.7 Å². The summed E-state index contributed by atoms with van der Waals surface area (Å²) in [6.45, 7) is 16.2. The summed E-state index contributed by atoms with van der Waals surface area (Å²) in [6, 6.07) is 15.8. The molecule has 0 aliphatic rings. The summed E-state index contributed by atoms with van der Waals surface area (Å²) in [7, 11) is 0. The van der Waals surface area contributed by atoms with Gasteiger partial charge in [0.15, 0.2) is 5.78 Å². The molecule has 4 nitrogen and oxygen atoms in total. The predicted molar refractivity (Wildman–Crippen MR) is 129 cm³/mol. The van der Waals surface area contributed by atoms with Crippen molar-refractivity contribution in [3.63, 3.8) is 0 Å². The Kier molecular flexibility index (Phi) is 11.5. The van der Waals surface area contributed by atoms with Crippen LogP contribution < -0.4 is 9.80 Å². The van der Waals surface area contributed by atoms with Crippen LogP contribution in [0.4, 0.5) is 11.4 Å². The first-order chi connectivity index (χ1) is 14.4. The maximum absolute atomic E-state index is 12.7. The lowest BCUT2D eigenvalue weighted by Crippen LogP contribution is -2.22. The molecule has 0 amide bonds. The van der Waals surface area contributed by atoms with Gasteiger partial charge in [-0.3, -0.25) is 9.59 Å². The molecule has 0 aliphatic heterocycles. The summed E-state index contributed by atoms with van der Waals surface area (Å²) in [5.41, 5.74) is 3.80. The second-order valence-electron chi connectivity index (χ2n) is 7.01. The lowest BCUT2D eigenvalue weighted by molar-refractivity contribution is -0.118. The Bertz CT molecular complexity index is 695. The summed E-state index contributed by atoms with van der Waals surface area (Å²) in [5.74, 6) is 0.419. The van der Waals surface area contributed by atoms with Crippen LogP contribution in [0.3, 0.4) is 0 Å². The first-order valence-corrected chi connectivity index (χ1v) is 11.2. The third-order valence-corrected chi connectivity index (χ3v) is 5.30. The fraction of sp³-hybridized carbons (Fsp3) is 0.462. The summed E-state index contributed by atoms with van der Waals surface area (Å²) >= 11 is 0. The zero-order valence-corrected chi connectivity index (χ0v) is 19.6. The number of rotatable bonds is 10. The lowest BCUT2D eigenvalue weighted by Gasteiger charge is -2.21. The minimum atomic E-state index is 0.0761. The van der Waals surface area contributed by atoms with Gasteiger partial charge in [-0.2, -0.15) is 0 Å². The Hall–Kier alpha value is -2.62. The average Bonchev–Trinajstić information content (AvgIpc) is 2.81. The van der Waals surface area contributed by atoms with E-state index in [-0.39, 0.29) is 5.78 Å². The third kappa shape index (κ3) is 7.33. The van der Waals surface area contributed by atoms with Gasteiger partial charge < -0.3 is 9.80 Å². The van der Waals surface area contributed by atoms with Gasteiger partial charge in [0.05, 0.1) is 0 Å². The number of hydrogen-bond acceptors (Lipinski definition) is 4. The molecule has 0 bridgehead atoms. The summed E-state index contributed by atoms with van der Waals surface area (Å²) < 4.78 is 0. The molecule has 0 unspecified atom stereocenters. The number of carbonyl (C=O) groups is 2. The number of nitrogens with zero attached hydrogens (tertiary/aromatic N) is 2. The van der Waals surface area contributed by atoms with Gasteiger partial charge in [-0.25, -0.2) is 0 Å². The first-order valence-electron chi connectivity index (χ1n) is 11.2. The Morgan fingerprint density at radius 2 is 0.867 bits per heavy atom. The molecule has 30 heavy (non-hydrogen) atoms. The Morgan fingerprint density at radius 3 is 1.07 bits per heavy atom. The summed E-state index contributed by atoms with van der Waals surface area (Å²) in [6.07, 6.45) is 1.38. The summed E-state index contributed by atoms with van der Waals surface area (Å²) in [5, 5.41) is 0. The number of benzene rings is 2. The largest absolute Gasteiger partial charge is 0.372 e. The number of carbonyl (C=O) groups excluding carboxylic acids is 2. The molecule has 0 saturated heterocycles. The van der Waals surface area contributed by atoms with E-state index in [4.69, 9.17) is 0 Å². The molecule has 4 heteroatoms. The number of hydrogen-bond donors (Lipinski definition) is 0. The predicted octanol–water partition coefficient (Wildman–Crippen LogP) is 5.99. The van der Waals surface area contributed by atoms with Crippen molar-refractivity contribution in [1.29, 1.82) is 0 Å². The normalized spacial score (nSPS) is 10.1. The lowest BCUT2D eigenvalue weighted by atomic mass is 10.0. The van der Waals surface area contributed by atoms with Gasteiger partial charge in [0.2, 0.25) is 0 Å². The minimum absolute atomic E-state index is 0.0761. The van der Waals surface area contributed by atoms with Gasteiger partial charge in [0.1, 0.15) is 5.78 Å². The van der Waals surface area contributed by atoms with E-state index in [0.717, 1.165) is 48.7 Å². The SMILES string of the molecule is CCC(=O)CC.CCN(CC)c1ccc(C(=O)c2ccc(N(CC)CC)cc2)cc1. The number of ketones is 2. The monoisotopic (exact) mass is 410 g/mol. The van der Waals surface area contributed by atoms with Crippen molar-refractivity contribution in [2.24, 2.45) is 0 Å². The molecule has 0 aromatic heterocycles. The third-order valence-electron chi connectivity index (χ3n) is 5.30. The van der Waals surface area contributed by atoms with Crippen LogP contribution in [0.1, 0.15) is 70.3 Å². The molecule has 0 atom stereocenters. The molecule has 2 rings (SSSR count). The van der Waals surface area contributed by atoms with Gasteiger partial charge >= 0.3 is 0 Å². The number of Topliss-reactive ketones (excluding diaryl/α,β-unsaturated/α-hetero) is 1. The topological polar surface area (TPSA) is 40.6 Å². The van der Waals surface area contributed by atoms with Crippen molar-refractivity contribution >= 4 is 22.9 Å². The molecule has 2 aromatic rings. The Balaban J connectivity index is 0.000000656. The van der Waals surface area contributed by atoms with E-state index < -0.39 is 0 Å². The van der Waals surface area contributed by atoms with E-state index in [2.05, 4.69) is 37.5 Å². The molecule has 0 heterocycles. The van der Waals surface area contributed by atoms with E-state index in [0.29, 0.717) is 18.6 Å². The van der Waals surface area contributed by atoms with Gasteiger partial charge in [-0.1, -0.05) is 13.8 Å². The van der Waals surface area contributed by atoms with Gasteiger partial charge in [0, 0.05) is 61.5 Å². The van der Waals surface area contributed by atoms with Gasteiger partial charge in [-0.05, 0) is 76.2 Å². The highest BCUT2D eigenvalue weighted by Crippen LogP contribution is 2.20. The van der Waals surface area contributed by atoms with Crippen LogP contribution in [0.25, 0.3) is 0 Å². The van der Waals surface area contributed by atoms with E-state index in [9.17, 15) is 9.59 Å². The van der Waals surface area contributed by atoms with Crippen molar-refractivity contribution in [3.8, 4) is 0 Å². The maximum atomic E-state index is 12.7. The van der Waals surface area contributed by atoms with Crippen LogP contribution in [0.2, 0.25) is 0 Å². The molecular formula is C26H38N2O2. The smallest absolute Gasteiger partial charge is 0.193 e. The number of anilines is 2. The molecule has 0 N–H and O–H groups in total. The molecular weight excluding hydrogens is 372 g/mol. The molecule has 0 spiro atoms. The van der Waals surface area contributed by atoms with Gasteiger partial charge in [-0.15, -0.1) is 0 Å². The Morgan fingerprint density at radius 1 is 0.567 bits per heavy atom. The zero-order chi connectivity index (χ0) is 22.5. The molecule has 0 saturated carbocycles. The Labute approximate surface area is 182 Å². The second-order valence-corrected chi connectivity index (χ2v) is 7.01. The molecule has 0 fully saturated rings. The standard InChI is InChI=1S/C21H28N2O.C5H10O/c1-5-22(6-2)19-13-9-17(10-14-19)21(24)18-11-15-20(16-12-18)23(7-3)8-4;1-3-5(6)4-2/h9-16H,5-8H2,1-4H3;3-4H2,1-2H3. The van der Waals surface area contributed by atoms with Gasteiger partial charge in [0.25, 0.3) is 0 Å². The highest BCUT2D eigenvalue weighted by Gasteiger charge is 2.11. The first kappa shape index (κ1) is 25.4. The average molecular weight is 411 g/mol. The molecule has 164 valence electrons. The molecule has 0 radical (unpaired) electrons. The molecule has 0 aliphatic carbocycles. The van der Waals surface area contributed by atoms with Crippen LogP contribution in [0.5, 0.6) is 0 Å². The maximum Gasteiger partial charge on any atom is 0.193 e. The van der Waals surface area contributed by atoms with Crippen LogP contribution in [-0.4, -0.2) is 37.7 Å². The van der Waals surface area contributed by atoms with E-state index >= 15 is 0 Å². The summed E-state index contributed by atoms with van der Waals surface area (Å²) in [4.78, 5) is 27.4. The molecule has 2 aromatic carbocycles. The van der Waals surface area contributed by atoms with Crippen molar-refractivity contribution in [2.45, 2.75) is 54.4 Å². The van der Waals surface area contributed by atoms with Crippen LogP contribution >= 0.6 is 0 Å².